The minimum absolute atomic E-state index is 0.216. The highest BCUT2D eigenvalue weighted by atomic mass is 32.1. The lowest BCUT2D eigenvalue weighted by molar-refractivity contribution is 0.00872. The van der Waals surface area contributed by atoms with Gasteiger partial charge in [-0.05, 0) is 32.1 Å². The van der Waals surface area contributed by atoms with Crippen LogP contribution >= 0.6 is 12.2 Å². The van der Waals surface area contributed by atoms with Crippen molar-refractivity contribution < 1.29 is 13.5 Å². The second-order valence-corrected chi connectivity index (χ2v) is 5.15. The van der Waals surface area contributed by atoms with E-state index < -0.39 is 17.2 Å². The number of aromatic amines is 1. The SMILES string of the molecule is COC(C)(C)Cn1c(=S)[nH]c2c(F)cc(F)cc21. The van der Waals surface area contributed by atoms with Crippen molar-refractivity contribution in [3.63, 3.8) is 0 Å². The van der Waals surface area contributed by atoms with Crippen LogP contribution in [0.4, 0.5) is 8.78 Å². The van der Waals surface area contributed by atoms with E-state index in [-0.39, 0.29) is 5.52 Å². The summed E-state index contributed by atoms with van der Waals surface area (Å²) < 4.78 is 34.2. The molecule has 1 aromatic heterocycles. The maximum atomic E-state index is 13.6. The highest BCUT2D eigenvalue weighted by Gasteiger charge is 2.20. The number of rotatable bonds is 3. The summed E-state index contributed by atoms with van der Waals surface area (Å²) in [4.78, 5) is 2.75. The molecule has 0 unspecified atom stereocenters. The van der Waals surface area contributed by atoms with Gasteiger partial charge in [0.15, 0.2) is 10.6 Å². The first kappa shape index (κ1) is 13.2. The Hall–Kier alpha value is -1.27. The molecule has 0 spiro atoms. The Morgan fingerprint density at radius 1 is 1.39 bits per heavy atom. The van der Waals surface area contributed by atoms with E-state index in [0.717, 1.165) is 6.07 Å². The second-order valence-electron chi connectivity index (χ2n) is 4.76. The molecule has 0 radical (unpaired) electrons. The zero-order valence-corrected chi connectivity index (χ0v) is 11.2. The molecule has 98 valence electrons. The maximum Gasteiger partial charge on any atom is 0.178 e. The second kappa shape index (κ2) is 4.44. The van der Waals surface area contributed by atoms with Crippen LogP contribution in [0.15, 0.2) is 12.1 Å². The predicted molar refractivity (Wildman–Crippen MR) is 68.1 cm³/mol. The summed E-state index contributed by atoms with van der Waals surface area (Å²) >= 11 is 5.13. The number of ether oxygens (including phenoxy) is 1. The van der Waals surface area contributed by atoms with Crippen molar-refractivity contribution in [2.45, 2.75) is 26.0 Å². The third-order valence-electron chi connectivity index (χ3n) is 2.89. The van der Waals surface area contributed by atoms with Crippen LogP contribution in [0.25, 0.3) is 11.0 Å². The van der Waals surface area contributed by atoms with E-state index in [0.29, 0.717) is 16.8 Å². The molecule has 1 N–H and O–H groups in total. The molecule has 0 saturated carbocycles. The summed E-state index contributed by atoms with van der Waals surface area (Å²) in [5.41, 5.74) is 0.145. The number of hydrogen-bond donors (Lipinski definition) is 1. The molecule has 0 fully saturated rings. The highest BCUT2D eigenvalue weighted by Crippen LogP contribution is 2.22. The molecule has 0 aliphatic carbocycles. The highest BCUT2D eigenvalue weighted by molar-refractivity contribution is 7.71. The van der Waals surface area contributed by atoms with Crippen molar-refractivity contribution in [1.82, 2.24) is 9.55 Å². The Morgan fingerprint density at radius 3 is 2.67 bits per heavy atom. The van der Waals surface area contributed by atoms with Gasteiger partial charge in [0.25, 0.3) is 0 Å². The van der Waals surface area contributed by atoms with Crippen molar-refractivity contribution in [2.75, 3.05) is 7.11 Å². The molecule has 0 saturated heterocycles. The topological polar surface area (TPSA) is 29.9 Å². The number of hydrogen-bond acceptors (Lipinski definition) is 2. The number of imidazole rings is 1. The predicted octanol–water partition coefficient (Wildman–Crippen LogP) is 3.40. The van der Waals surface area contributed by atoms with Gasteiger partial charge in [0.05, 0.1) is 17.7 Å². The van der Waals surface area contributed by atoms with Gasteiger partial charge in [-0.25, -0.2) is 8.78 Å². The van der Waals surface area contributed by atoms with Gasteiger partial charge in [0.1, 0.15) is 11.3 Å². The van der Waals surface area contributed by atoms with Crippen LogP contribution in [0, 0.1) is 16.4 Å². The zero-order chi connectivity index (χ0) is 13.5. The van der Waals surface area contributed by atoms with Gasteiger partial charge in [-0.3, -0.25) is 0 Å². The van der Waals surface area contributed by atoms with E-state index in [4.69, 9.17) is 17.0 Å². The third kappa shape index (κ3) is 2.30. The minimum atomic E-state index is -0.648. The van der Waals surface area contributed by atoms with Gasteiger partial charge in [0.2, 0.25) is 0 Å². The number of methoxy groups -OCH3 is 1. The summed E-state index contributed by atoms with van der Waals surface area (Å²) in [6, 6.07) is 2.09. The molecule has 0 atom stereocenters. The van der Waals surface area contributed by atoms with E-state index in [9.17, 15) is 8.78 Å². The van der Waals surface area contributed by atoms with Crippen molar-refractivity contribution in [3.8, 4) is 0 Å². The Morgan fingerprint density at radius 2 is 2.06 bits per heavy atom. The Balaban J connectivity index is 2.64. The standard InChI is InChI=1S/C12H14F2N2OS/c1-12(2,17-3)6-16-9-5-7(13)4-8(14)10(9)15-11(16)18/h4-5H,6H2,1-3H3,(H,15,18). The molecule has 2 aromatic rings. The number of nitrogens with zero attached hydrogens (tertiary/aromatic N) is 1. The fraction of sp³-hybridized carbons (Fsp3) is 0.417. The molecule has 0 aliphatic heterocycles. The largest absolute Gasteiger partial charge is 0.377 e. The Bertz CT molecular complexity index is 645. The first-order chi connectivity index (χ1) is 8.34. The minimum Gasteiger partial charge on any atom is -0.377 e. The van der Waals surface area contributed by atoms with Crippen molar-refractivity contribution >= 4 is 23.3 Å². The molecule has 18 heavy (non-hydrogen) atoms. The van der Waals surface area contributed by atoms with Gasteiger partial charge >= 0.3 is 0 Å². The number of aromatic nitrogens is 2. The van der Waals surface area contributed by atoms with Crippen LogP contribution in [0.1, 0.15) is 13.8 Å². The molecular weight excluding hydrogens is 258 g/mol. The number of H-pyrrole nitrogens is 1. The summed E-state index contributed by atoms with van der Waals surface area (Å²) in [6.07, 6.45) is 0. The molecule has 6 heteroatoms. The summed E-state index contributed by atoms with van der Waals surface area (Å²) in [7, 11) is 1.58. The molecule has 1 heterocycles. The fourth-order valence-corrected chi connectivity index (χ4v) is 2.05. The number of nitrogens with one attached hydrogen (secondary N) is 1. The van der Waals surface area contributed by atoms with Crippen molar-refractivity contribution in [2.24, 2.45) is 0 Å². The van der Waals surface area contributed by atoms with E-state index in [2.05, 4.69) is 4.98 Å². The number of benzene rings is 1. The molecule has 0 amide bonds. The third-order valence-corrected chi connectivity index (χ3v) is 3.22. The van der Waals surface area contributed by atoms with Crippen molar-refractivity contribution in [1.29, 1.82) is 0 Å². The molecular formula is C12H14F2N2OS. The molecule has 1 aromatic carbocycles. The van der Waals surface area contributed by atoms with E-state index in [1.54, 1.807) is 11.7 Å². The van der Waals surface area contributed by atoms with Crippen LogP contribution < -0.4 is 0 Å². The molecule has 3 nitrogen and oxygen atoms in total. The van der Waals surface area contributed by atoms with Crippen LogP contribution in [0.5, 0.6) is 0 Å². The molecule has 0 bridgehead atoms. The lowest BCUT2D eigenvalue weighted by Gasteiger charge is -2.23. The summed E-state index contributed by atoms with van der Waals surface area (Å²) in [5.74, 6) is -1.27. The maximum absolute atomic E-state index is 13.6. The van der Waals surface area contributed by atoms with Crippen LogP contribution in [-0.2, 0) is 11.3 Å². The smallest absolute Gasteiger partial charge is 0.178 e. The first-order valence-corrected chi connectivity index (χ1v) is 5.87. The molecule has 0 aliphatic rings. The Labute approximate surface area is 108 Å². The van der Waals surface area contributed by atoms with Gasteiger partial charge in [-0.2, -0.15) is 0 Å². The Kier molecular flexibility index (Phi) is 3.25. The summed E-state index contributed by atoms with van der Waals surface area (Å²) in [6.45, 7) is 4.16. The average Bonchev–Trinajstić information content (AvgIpc) is 2.57. The van der Waals surface area contributed by atoms with Gasteiger partial charge < -0.3 is 14.3 Å². The van der Waals surface area contributed by atoms with E-state index >= 15 is 0 Å². The van der Waals surface area contributed by atoms with Crippen LogP contribution in [-0.4, -0.2) is 22.3 Å². The van der Waals surface area contributed by atoms with Gasteiger partial charge in [-0.1, -0.05) is 0 Å². The van der Waals surface area contributed by atoms with Crippen molar-refractivity contribution in [3.05, 3.63) is 28.5 Å². The zero-order valence-electron chi connectivity index (χ0n) is 10.4. The van der Waals surface area contributed by atoms with E-state index in [1.165, 1.54) is 6.07 Å². The first-order valence-electron chi connectivity index (χ1n) is 5.47. The van der Waals surface area contributed by atoms with Crippen LogP contribution in [0.2, 0.25) is 0 Å². The normalized spacial score (nSPS) is 12.3. The summed E-state index contributed by atoms with van der Waals surface area (Å²) in [5, 5.41) is 0. The van der Waals surface area contributed by atoms with E-state index in [1.807, 2.05) is 13.8 Å². The number of halogens is 2. The average molecular weight is 272 g/mol. The fourth-order valence-electron chi connectivity index (χ4n) is 1.78. The quantitative estimate of drug-likeness (QED) is 0.868. The lowest BCUT2D eigenvalue weighted by atomic mass is 10.1. The van der Waals surface area contributed by atoms with Gasteiger partial charge in [0, 0.05) is 13.2 Å². The molecule has 2 rings (SSSR count). The van der Waals surface area contributed by atoms with Crippen LogP contribution in [0.3, 0.4) is 0 Å². The lowest BCUT2D eigenvalue weighted by Crippen LogP contribution is -2.29. The monoisotopic (exact) mass is 272 g/mol. The van der Waals surface area contributed by atoms with Gasteiger partial charge in [-0.15, -0.1) is 0 Å². The number of fused-ring (bicyclic) bond motifs is 1.